The number of aromatic nitrogens is 3. The number of piperazine rings is 1. The molecule has 17 heteroatoms. The van der Waals surface area contributed by atoms with Crippen LogP contribution in [0.5, 0.6) is 5.75 Å². The Labute approximate surface area is 419 Å². The molecule has 3 aromatic heterocycles. The number of likely N-dealkylation sites (tertiary alicyclic amines) is 1. The van der Waals surface area contributed by atoms with Crippen LogP contribution in [0.15, 0.2) is 76.9 Å². The van der Waals surface area contributed by atoms with Crippen LogP contribution in [0, 0.1) is 35.0 Å². The fraction of sp³-hybridized carbons (Fsp3) is 0.491. The average molecular weight is 991 g/mol. The molecule has 8 rings (SSSR count). The van der Waals surface area contributed by atoms with Gasteiger partial charge in [-0.1, -0.05) is 82.6 Å². The summed E-state index contributed by atoms with van der Waals surface area (Å²) in [4.78, 5) is 57.8. The number of anilines is 1. The van der Waals surface area contributed by atoms with Gasteiger partial charge in [0.15, 0.2) is 0 Å². The number of thiazole rings is 1. The zero-order chi connectivity index (χ0) is 50.1. The number of hydrogen-bond acceptors (Lipinski definition) is 13. The molecule has 0 radical (unpaired) electrons. The second-order valence-electron chi connectivity index (χ2n) is 20.6. The smallest absolute Gasteiger partial charge is 0.253 e. The van der Waals surface area contributed by atoms with Gasteiger partial charge >= 0.3 is 0 Å². The molecule has 2 aliphatic heterocycles. The summed E-state index contributed by atoms with van der Waals surface area (Å²) >= 11 is 7.85. The number of pyridine rings is 1. The van der Waals surface area contributed by atoms with Crippen LogP contribution in [0.3, 0.4) is 0 Å². The standard InChI is InChI=1S/C53H64ClN9O6S/c1-31(2)45(49(67)63-29-39(64)25-42(63)48(66)58-32(3)34-11-13-35(14-12-34)46-33(4)57-30-70-46)43-24-38(60-69-43)10-9-19-61-20-22-62(23-21-61)44-18-16-37(28-56-44)47(65)59-50-52(5,6)51(53(50,7)8)68-40-17-15-36(27-55)41(54)26-40/h11-18,24,26,28,30-32,39,42,45,50-51,64H,9-10,19-23,25,29H2,1-8H3,(H,58,66)(H,59,65)/t32-,39+,42-,45+,50?,51?/m0/s1. The topological polar surface area (TPSA) is 190 Å². The lowest BCUT2D eigenvalue weighted by Gasteiger charge is -2.63. The normalized spacial score (nSPS) is 21.7. The van der Waals surface area contributed by atoms with Gasteiger partial charge in [-0.3, -0.25) is 19.3 Å². The lowest BCUT2D eigenvalue weighted by molar-refractivity contribution is -0.164. The first kappa shape index (κ1) is 50.5. The van der Waals surface area contributed by atoms with E-state index in [0.29, 0.717) is 34.1 Å². The molecule has 5 aromatic rings. The molecule has 5 heterocycles. The Morgan fingerprint density at radius 2 is 1.73 bits per heavy atom. The molecule has 3 fully saturated rings. The van der Waals surface area contributed by atoms with Crippen molar-refractivity contribution < 1.29 is 28.8 Å². The molecular formula is C53H64ClN9O6S. The van der Waals surface area contributed by atoms with E-state index in [4.69, 9.17) is 25.8 Å². The van der Waals surface area contributed by atoms with Crippen molar-refractivity contribution in [2.24, 2.45) is 16.7 Å². The van der Waals surface area contributed by atoms with Crippen LogP contribution in [0.2, 0.25) is 5.02 Å². The van der Waals surface area contributed by atoms with Gasteiger partial charge in [-0.15, -0.1) is 11.3 Å². The molecule has 70 heavy (non-hydrogen) atoms. The predicted octanol–water partition coefficient (Wildman–Crippen LogP) is 7.97. The van der Waals surface area contributed by atoms with E-state index in [2.05, 4.69) is 64.3 Å². The molecule has 3 amide bonds. The fourth-order valence-corrected chi connectivity index (χ4v) is 11.9. The summed E-state index contributed by atoms with van der Waals surface area (Å²) in [7, 11) is 0. The summed E-state index contributed by atoms with van der Waals surface area (Å²) in [5.41, 5.74) is 5.70. The number of carbonyl (C=O) groups excluding carboxylic acids is 3. The summed E-state index contributed by atoms with van der Waals surface area (Å²) < 4.78 is 12.2. The first-order chi connectivity index (χ1) is 33.3. The molecule has 2 saturated heterocycles. The lowest BCUT2D eigenvalue weighted by Crippen LogP contribution is -2.74. The van der Waals surface area contributed by atoms with E-state index in [9.17, 15) is 24.8 Å². The second kappa shape index (κ2) is 20.8. The number of nitrogens with zero attached hydrogens (tertiary/aromatic N) is 7. The van der Waals surface area contributed by atoms with Crippen molar-refractivity contribution in [2.75, 3.05) is 44.2 Å². The minimum absolute atomic E-state index is 0.0696. The van der Waals surface area contributed by atoms with E-state index >= 15 is 0 Å². The first-order valence-corrected chi connectivity index (χ1v) is 25.5. The Bertz CT molecular complexity index is 2690. The number of aliphatic hydroxyl groups is 1. The molecule has 15 nitrogen and oxygen atoms in total. The maximum Gasteiger partial charge on any atom is 0.253 e. The summed E-state index contributed by atoms with van der Waals surface area (Å²) in [6.45, 7) is 20.4. The number of amides is 3. The zero-order valence-electron chi connectivity index (χ0n) is 41.2. The minimum atomic E-state index is -0.814. The molecule has 0 unspecified atom stereocenters. The summed E-state index contributed by atoms with van der Waals surface area (Å²) in [6, 6.07) is 19.5. The zero-order valence-corrected chi connectivity index (χ0v) is 42.8. The highest BCUT2D eigenvalue weighted by Crippen LogP contribution is 2.55. The fourth-order valence-electron chi connectivity index (χ4n) is 10.9. The molecule has 0 bridgehead atoms. The Morgan fingerprint density at radius 1 is 1.00 bits per heavy atom. The summed E-state index contributed by atoms with van der Waals surface area (Å²) in [5, 5.41) is 31.0. The molecule has 4 atom stereocenters. The highest BCUT2D eigenvalue weighted by molar-refractivity contribution is 7.13. The van der Waals surface area contributed by atoms with E-state index < -0.39 is 18.1 Å². The van der Waals surface area contributed by atoms with Crippen LogP contribution in [-0.4, -0.2) is 111 Å². The summed E-state index contributed by atoms with van der Waals surface area (Å²) in [5.74, 6) is 0.325. The Hall–Kier alpha value is -5.86. The highest BCUT2D eigenvalue weighted by Gasteiger charge is 2.64. The van der Waals surface area contributed by atoms with Gasteiger partial charge in [0.05, 0.1) is 50.1 Å². The van der Waals surface area contributed by atoms with E-state index in [0.717, 1.165) is 72.4 Å². The van der Waals surface area contributed by atoms with Crippen LogP contribution in [0.1, 0.15) is 112 Å². The molecule has 370 valence electrons. The van der Waals surface area contributed by atoms with Crippen molar-refractivity contribution in [3.8, 4) is 22.3 Å². The number of β-amino-alcohol motifs (C(OH)–C–C–N with tert-alkyl or cyclic N) is 1. The number of nitrogens with one attached hydrogen (secondary N) is 2. The monoisotopic (exact) mass is 989 g/mol. The third kappa shape index (κ3) is 10.6. The molecule has 1 aliphatic carbocycles. The van der Waals surface area contributed by atoms with Crippen LogP contribution in [0.4, 0.5) is 5.82 Å². The number of carbonyl (C=O) groups is 3. The molecule has 1 saturated carbocycles. The molecule has 3 N–H and O–H groups in total. The second-order valence-corrected chi connectivity index (χ2v) is 21.9. The Kier molecular flexibility index (Phi) is 15.0. The van der Waals surface area contributed by atoms with Crippen molar-refractivity contribution in [3.05, 3.63) is 111 Å². The van der Waals surface area contributed by atoms with Gasteiger partial charge in [0.2, 0.25) is 11.8 Å². The number of hydrogen-bond donors (Lipinski definition) is 3. The third-order valence-corrected chi connectivity index (χ3v) is 15.8. The number of nitriles is 1. The number of benzene rings is 2. The van der Waals surface area contributed by atoms with Gasteiger partial charge in [-0.25, -0.2) is 9.97 Å². The van der Waals surface area contributed by atoms with Crippen molar-refractivity contribution in [1.82, 2.24) is 35.6 Å². The molecule has 2 aromatic carbocycles. The van der Waals surface area contributed by atoms with Gasteiger partial charge in [-0.2, -0.15) is 5.26 Å². The van der Waals surface area contributed by atoms with Gasteiger partial charge < -0.3 is 34.8 Å². The average Bonchev–Trinajstić information content (AvgIpc) is 4.10. The number of aliphatic hydroxyl groups excluding tert-OH is 1. The third-order valence-electron chi connectivity index (χ3n) is 14.5. The highest BCUT2D eigenvalue weighted by atomic mass is 35.5. The Balaban J connectivity index is 0.786. The van der Waals surface area contributed by atoms with E-state index in [1.807, 2.05) is 75.7 Å². The number of ether oxygens (including phenoxy) is 1. The maximum absolute atomic E-state index is 14.3. The van der Waals surface area contributed by atoms with Crippen molar-refractivity contribution >= 4 is 46.5 Å². The van der Waals surface area contributed by atoms with E-state index in [1.165, 1.54) is 4.90 Å². The van der Waals surface area contributed by atoms with Crippen molar-refractivity contribution in [2.45, 2.75) is 111 Å². The minimum Gasteiger partial charge on any atom is -0.489 e. The lowest BCUT2D eigenvalue weighted by atomic mass is 9.49. The Morgan fingerprint density at radius 3 is 2.36 bits per heavy atom. The number of rotatable bonds is 16. The largest absolute Gasteiger partial charge is 0.489 e. The van der Waals surface area contributed by atoms with Crippen LogP contribution in [0.25, 0.3) is 10.4 Å². The molecule has 0 spiro atoms. The van der Waals surface area contributed by atoms with Gasteiger partial charge in [-0.05, 0) is 74.5 Å². The summed E-state index contributed by atoms with van der Waals surface area (Å²) in [6.07, 6.45) is 2.32. The number of aryl methyl sites for hydroxylation is 2. The van der Waals surface area contributed by atoms with Gasteiger partial charge in [0, 0.05) is 74.3 Å². The van der Waals surface area contributed by atoms with Gasteiger partial charge in [0.25, 0.3) is 5.91 Å². The SMILES string of the molecule is Cc1ncsc1-c1ccc([C@H](C)NC(=O)[C@@H]2C[C@@H](O)CN2C(=O)[C@@H](c2cc(CCCN3CCN(c4ccc(C(=O)NC5C(C)(C)C(Oc6ccc(C#N)c(Cl)c6)C5(C)C)cn4)CC3)no2)C(C)C)cc1. The van der Waals surface area contributed by atoms with E-state index in [1.54, 1.807) is 35.7 Å². The first-order valence-electron chi connectivity index (χ1n) is 24.2. The van der Waals surface area contributed by atoms with Crippen molar-refractivity contribution in [1.29, 1.82) is 5.26 Å². The quantitative estimate of drug-likeness (QED) is 0.0866. The van der Waals surface area contributed by atoms with Gasteiger partial charge in [0.1, 0.15) is 41.5 Å². The van der Waals surface area contributed by atoms with E-state index in [-0.39, 0.29) is 65.6 Å². The van der Waals surface area contributed by atoms with Crippen LogP contribution in [-0.2, 0) is 16.0 Å². The van der Waals surface area contributed by atoms with Crippen LogP contribution < -0.4 is 20.3 Å². The maximum atomic E-state index is 14.3. The molecular weight excluding hydrogens is 926 g/mol. The van der Waals surface area contributed by atoms with Crippen LogP contribution >= 0.6 is 22.9 Å². The molecule has 3 aliphatic rings. The predicted molar refractivity (Wildman–Crippen MR) is 270 cm³/mol. The number of halogens is 1. The van der Waals surface area contributed by atoms with Crippen molar-refractivity contribution in [3.63, 3.8) is 0 Å².